The first-order chi connectivity index (χ1) is 8.83. The zero-order chi connectivity index (χ0) is 14.5. The van der Waals surface area contributed by atoms with Crippen molar-refractivity contribution in [3.8, 4) is 0 Å². The molecule has 19 heavy (non-hydrogen) atoms. The minimum atomic E-state index is -4.28. The molecule has 3 nitrogen and oxygen atoms in total. The second-order valence-electron chi connectivity index (χ2n) is 3.72. The topological polar surface area (TPSA) is 35.5 Å². The highest BCUT2D eigenvalue weighted by Crippen LogP contribution is 2.19. The Bertz CT molecular complexity index is 443. The molecule has 0 aliphatic heterocycles. The van der Waals surface area contributed by atoms with E-state index in [1.807, 2.05) is 0 Å². The molecule has 106 valence electrons. The normalized spacial score (nSPS) is 11.4. The number of ether oxygens (including phenoxy) is 2. The Morgan fingerprint density at radius 1 is 1.32 bits per heavy atom. The second-order valence-corrected chi connectivity index (χ2v) is 3.72. The van der Waals surface area contributed by atoms with Crippen LogP contribution in [0.4, 0.5) is 17.6 Å². The molecule has 0 aromatic heterocycles. The van der Waals surface area contributed by atoms with Gasteiger partial charge in [0.1, 0.15) is 5.82 Å². The van der Waals surface area contributed by atoms with E-state index >= 15 is 0 Å². The smallest absolute Gasteiger partial charge is 0.391 e. The van der Waals surface area contributed by atoms with Gasteiger partial charge in [-0.15, -0.1) is 0 Å². The highest BCUT2D eigenvalue weighted by molar-refractivity contribution is 5.89. The fourth-order valence-electron chi connectivity index (χ4n) is 1.30. The number of hydrogen-bond acceptors (Lipinski definition) is 3. The van der Waals surface area contributed by atoms with Gasteiger partial charge in [-0.05, 0) is 17.7 Å². The number of methoxy groups -OCH3 is 1. The number of esters is 1. The van der Waals surface area contributed by atoms with Gasteiger partial charge in [0, 0.05) is 0 Å². The van der Waals surface area contributed by atoms with Crippen LogP contribution >= 0.6 is 0 Å². The molecule has 0 fully saturated rings. The van der Waals surface area contributed by atoms with Crippen LogP contribution in [-0.4, -0.2) is 25.9 Å². The first kappa shape index (κ1) is 15.4. The van der Waals surface area contributed by atoms with E-state index in [-0.39, 0.29) is 12.2 Å². The minimum Gasteiger partial charge on any atom is -0.465 e. The van der Waals surface area contributed by atoms with Crippen molar-refractivity contribution in [2.24, 2.45) is 0 Å². The Kier molecular flexibility index (Phi) is 5.29. The van der Waals surface area contributed by atoms with E-state index in [0.717, 1.165) is 13.2 Å². The van der Waals surface area contributed by atoms with Gasteiger partial charge in [-0.3, -0.25) is 0 Å². The van der Waals surface area contributed by atoms with E-state index in [4.69, 9.17) is 4.74 Å². The number of rotatable bonds is 5. The van der Waals surface area contributed by atoms with Crippen molar-refractivity contribution in [1.82, 2.24) is 0 Å². The van der Waals surface area contributed by atoms with Crippen LogP contribution in [0.15, 0.2) is 18.2 Å². The molecule has 1 aromatic carbocycles. The average molecular weight is 280 g/mol. The lowest BCUT2D eigenvalue weighted by Crippen LogP contribution is -2.11. The summed E-state index contributed by atoms with van der Waals surface area (Å²) in [6.45, 7) is -0.654. The fraction of sp³-hybridized carbons (Fsp3) is 0.417. The number of alkyl halides is 3. The second kappa shape index (κ2) is 6.51. The van der Waals surface area contributed by atoms with Crippen molar-refractivity contribution in [3.63, 3.8) is 0 Å². The van der Waals surface area contributed by atoms with Crippen molar-refractivity contribution < 1.29 is 31.8 Å². The van der Waals surface area contributed by atoms with Crippen molar-refractivity contribution in [2.45, 2.75) is 19.2 Å². The van der Waals surface area contributed by atoms with Crippen LogP contribution < -0.4 is 0 Å². The molecule has 0 heterocycles. The van der Waals surface area contributed by atoms with Crippen LogP contribution in [-0.2, 0) is 16.1 Å². The third-order valence-electron chi connectivity index (χ3n) is 2.24. The Balaban J connectivity index is 2.52. The number of benzene rings is 1. The van der Waals surface area contributed by atoms with Crippen molar-refractivity contribution >= 4 is 5.97 Å². The Morgan fingerprint density at radius 3 is 2.53 bits per heavy atom. The van der Waals surface area contributed by atoms with Crippen LogP contribution in [0.3, 0.4) is 0 Å². The predicted octanol–water partition coefficient (Wildman–Crippen LogP) is 3.08. The molecule has 0 bridgehead atoms. The molecule has 0 aliphatic rings. The maximum atomic E-state index is 13.4. The Labute approximate surface area is 107 Å². The van der Waals surface area contributed by atoms with Gasteiger partial charge < -0.3 is 9.47 Å². The Hall–Kier alpha value is -1.63. The SMILES string of the molecule is COC(=O)c1ccc(COCCC(F)(F)F)cc1F. The minimum absolute atomic E-state index is 0.158. The molecular formula is C12H12F4O3. The quantitative estimate of drug-likeness (QED) is 0.472. The summed E-state index contributed by atoms with van der Waals surface area (Å²) >= 11 is 0. The lowest BCUT2D eigenvalue weighted by Gasteiger charge is -2.08. The predicted molar refractivity (Wildman–Crippen MR) is 58.1 cm³/mol. The first-order valence-electron chi connectivity index (χ1n) is 5.34. The number of hydrogen-bond donors (Lipinski definition) is 0. The maximum Gasteiger partial charge on any atom is 0.391 e. The van der Waals surface area contributed by atoms with E-state index in [9.17, 15) is 22.4 Å². The van der Waals surface area contributed by atoms with E-state index in [1.54, 1.807) is 0 Å². The largest absolute Gasteiger partial charge is 0.465 e. The van der Waals surface area contributed by atoms with Crippen molar-refractivity contribution in [1.29, 1.82) is 0 Å². The van der Waals surface area contributed by atoms with Gasteiger partial charge in [-0.25, -0.2) is 9.18 Å². The fourth-order valence-corrected chi connectivity index (χ4v) is 1.30. The summed E-state index contributed by atoms with van der Waals surface area (Å²) in [6.07, 6.45) is -5.34. The van der Waals surface area contributed by atoms with E-state index in [0.29, 0.717) is 5.56 Å². The van der Waals surface area contributed by atoms with Gasteiger partial charge in [0.25, 0.3) is 0 Å². The summed E-state index contributed by atoms with van der Waals surface area (Å²) in [6, 6.07) is 3.62. The molecule has 0 aliphatic carbocycles. The highest BCUT2D eigenvalue weighted by Gasteiger charge is 2.26. The molecule has 0 unspecified atom stereocenters. The molecule has 7 heteroatoms. The number of halogens is 4. The van der Waals surface area contributed by atoms with Crippen LogP contribution in [0.5, 0.6) is 0 Å². The standard InChI is InChI=1S/C12H12F4O3/c1-18-11(17)9-3-2-8(6-10(9)13)7-19-5-4-12(14,15)16/h2-3,6H,4-5,7H2,1H3. The summed E-state index contributed by atoms with van der Waals surface area (Å²) in [5, 5.41) is 0. The molecule has 0 amide bonds. The molecule has 1 aromatic rings. The summed E-state index contributed by atoms with van der Waals surface area (Å²) < 4.78 is 58.1. The van der Waals surface area contributed by atoms with E-state index in [1.165, 1.54) is 12.1 Å². The third-order valence-corrected chi connectivity index (χ3v) is 2.24. The molecule has 0 saturated carbocycles. The zero-order valence-electron chi connectivity index (χ0n) is 10.1. The van der Waals surface area contributed by atoms with Gasteiger partial charge >= 0.3 is 12.1 Å². The van der Waals surface area contributed by atoms with Crippen LogP contribution in [0.1, 0.15) is 22.3 Å². The first-order valence-corrected chi connectivity index (χ1v) is 5.34. The monoisotopic (exact) mass is 280 g/mol. The van der Waals surface area contributed by atoms with Crippen LogP contribution in [0.2, 0.25) is 0 Å². The van der Waals surface area contributed by atoms with Crippen molar-refractivity contribution in [2.75, 3.05) is 13.7 Å². The maximum absolute atomic E-state index is 13.4. The van der Waals surface area contributed by atoms with Gasteiger partial charge in [0.15, 0.2) is 0 Å². The summed E-state index contributed by atoms with van der Waals surface area (Å²) in [5.74, 6) is -1.62. The van der Waals surface area contributed by atoms with E-state index < -0.39 is 31.0 Å². The summed E-state index contributed by atoms with van der Waals surface area (Å²) in [5.41, 5.74) is 0.105. The molecule has 0 saturated heterocycles. The molecule has 1 rings (SSSR count). The summed E-state index contributed by atoms with van der Waals surface area (Å²) in [4.78, 5) is 11.1. The lowest BCUT2D eigenvalue weighted by atomic mass is 10.1. The molecule has 0 N–H and O–H groups in total. The molecule has 0 spiro atoms. The molecule has 0 radical (unpaired) electrons. The van der Waals surface area contributed by atoms with Crippen LogP contribution in [0, 0.1) is 5.82 Å². The Morgan fingerprint density at radius 2 is 2.00 bits per heavy atom. The third kappa shape index (κ3) is 5.25. The van der Waals surface area contributed by atoms with Crippen LogP contribution in [0.25, 0.3) is 0 Å². The van der Waals surface area contributed by atoms with Gasteiger partial charge in [0.05, 0.1) is 32.3 Å². The lowest BCUT2D eigenvalue weighted by molar-refractivity contribution is -0.146. The zero-order valence-corrected chi connectivity index (χ0v) is 10.1. The number of carbonyl (C=O) groups is 1. The average Bonchev–Trinajstić information content (AvgIpc) is 2.33. The van der Waals surface area contributed by atoms with Gasteiger partial charge in [0.2, 0.25) is 0 Å². The van der Waals surface area contributed by atoms with Gasteiger partial charge in [-0.1, -0.05) is 6.07 Å². The van der Waals surface area contributed by atoms with E-state index in [2.05, 4.69) is 4.74 Å². The number of carbonyl (C=O) groups excluding carboxylic acids is 1. The highest BCUT2D eigenvalue weighted by atomic mass is 19.4. The van der Waals surface area contributed by atoms with Crippen molar-refractivity contribution in [3.05, 3.63) is 35.1 Å². The van der Waals surface area contributed by atoms with Gasteiger partial charge in [-0.2, -0.15) is 13.2 Å². The summed E-state index contributed by atoms with van der Waals surface area (Å²) in [7, 11) is 1.12. The molecular weight excluding hydrogens is 268 g/mol. The molecule has 0 atom stereocenters.